The molecule has 0 aromatic rings. The Kier molecular flexibility index (Phi) is 12.5. The van der Waals surface area contributed by atoms with Gasteiger partial charge in [-0.1, -0.05) is 27.2 Å². The van der Waals surface area contributed by atoms with E-state index in [1.54, 1.807) is 6.92 Å². The molecule has 0 amide bonds. The number of aliphatic hydroxyl groups excluding tert-OH is 1. The van der Waals surface area contributed by atoms with E-state index in [1.165, 1.54) is 0 Å². The summed E-state index contributed by atoms with van der Waals surface area (Å²) in [6.45, 7) is 7.27. The molecule has 1 aliphatic carbocycles. The maximum atomic E-state index is 11.8. The molecule has 1 atom stereocenters. The van der Waals surface area contributed by atoms with E-state index in [2.05, 4.69) is 16.4 Å². The first-order valence-corrected chi connectivity index (χ1v) is 9.82. The van der Waals surface area contributed by atoms with Crippen molar-refractivity contribution < 1.29 is 33.8 Å². The summed E-state index contributed by atoms with van der Waals surface area (Å²) in [4.78, 5) is 44.1. The Morgan fingerprint density at radius 2 is 1.63 bits per heavy atom. The standard InChI is InChI=1S/C12H20O4.C8H14O3/c1-3-5-12(6-7-12)9(4-2)11(15)16-10(14)8-13;1-3-5-7(9)6-8(10)11-4-2/h9,13H,3-8H2,1-2H3;3-6H2,1-2H3. The van der Waals surface area contributed by atoms with Crippen LogP contribution in [0.4, 0.5) is 0 Å². The maximum absolute atomic E-state index is 11.8. The van der Waals surface area contributed by atoms with Gasteiger partial charge >= 0.3 is 17.9 Å². The summed E-state index contributed by atoms with van der Waals surface area (Å²) < 4.78 is 9.20. The summed E-state index contributed by atoms with van der Waals surface area (Å²) in [6, 6.07) is 0. The highest BCUT2D eigenvalue weighted by atomic mass is 16.6. The second-order valence-corrected chi connectivity index (χ2v) is 6.79. The van der Waals surface area contributed by atoms with Crippen molar-refractivity contribution in [3.8, 4) is 0 Å². The molecule has 0 bridgehead atoms. The molecule has 0 aromatic heterocycles. The van der Waals surface area contributed by atoms with Crippen molar-refractivity contribution in [3.05, 3.63) is 0 Å². The van der Waals surface area contributed by atoms with Crippen LogP contribution in [0, 0.1) is 11.3 Å². The number of rotatable bonds is 11. The first kappa shape index (κ1) is 25.2. The van der Waals surface area contributed by atoms with Crippen LogP contribution >= 0.6 is 0 Å². The molecule has 0 aliphatic heterocycles. The quantitative estimate of drug-likeness (QED) is 0.430. The fraction of sp³-hybridized carbons (Fsp3) is 0.800. The van der Waals surface area contributed by atoms with E-state index in [4.69, 9.17) is 5.11 Å². The number of hydrogen-bond acceptors (Lipinski definition) is 7. The van der Waals surface area contributed by atoms with E-state index in [1.807, 2.05) is 13.8 Å². The van der Waals surface area contributed by atoms with E-state index >= 15 is 0 Å². The van der Waals surface area contributed by atoms with Crippen LogP contribution in [0.5, 0.6) is 0 Å². The van der Waals surface area contributed by atoms with E-state index in [9.17, 15) is 19.2 Å². The molecule has 1 fully saturated rings. The van der Waals surface area contributed by atoms with E-state index in [-0.39, 0.29) is 23.5 Å². The molecule has 156 valence electrons. The average Bonchev–Trinajstić information content (AvgIpc) is 3.36. The van der Waals surface area contributed by atoms with Crippen LogP contribution in [-0.4, -0.2) is 42.0 Å². The lowest BCUT2D eigenvalue weighted by Gasteiger charge is -2.23. The number of ketones is 1. The molecule has 1 N–H and O–H groups in total. The summed E-state index contributed by atoms with van der Waals surface area (Å²) in [5.41, 5.74) is 0.0658. The molecule has 27 heavy (non-hydrogen) atoms. The van der Waals surface area contributed by atoms with Gasteiger partial charge in [0, 0.05) is 6.42 Å². The Morgan fingerprint density at radius 3 is 2.04 bits per heavy atom. The van der Waals surface area contributed by atoms with Crippen molar-refractivity contribution >= 4 is 23.7 Å². The Labute approximate surface area is 161 Å². The van der Waals surface area contributed by atoms with Gasteiger partial charge in [0.1, 0.15) is 18.8 Å². The molecular formula is C20H34O7. The van der Waals surface area contributed by atoms with Crippen molar-refractivity contribution in [1.82, 2.24) is 0 Å². The molecule has 0 aromatic carbocycles. The van der Waals surface area contributed by atoms with Gasteiger partial charge in [-0.3, -0.25) is 14.4 Å². The summed E-state index contributed by atoms with van der Waals surface area (Å²) in [5, 5.41) is 8.53. The van der Waals surface area contributed by atoms with Crippen LogP contribution in [0.2, 0.25) is 0 Å². The molecule has 0 heterocycles. The van der Waals surface area contributed by atoms with Crippen molar-refractivity contribution in [2.75, 3.05) is 13.2 Å². The number of carbonyl (C=O) groups is 4. The van der Waals surface area contributed by atoms with Gasteiger partial charge in [-0.15, -0.1) is 0 Å². The number of hydrogen-bond donors (Lipinski definition) is 1. The lowest BCUT2D eigenvalue weighted by atomic mass is 9.83. The first-order chi connectivity index (χ1) is 12.8. The highest BCUT2D eigenvalue weighted by Crippen LogP contribution is 2.56. The Balaban J connectivity index is 0.000000541. The fourth-order valence-corrected chi connectivity index (χ4v) is 3.24. The third-order valence-electron chi connectivity index (χ3n) is 4.59. The van der Waals surface area contributed by atoms with Crippen molar-refractivity contribution in [1.29, 1.82) is 0 Å². The van der Waals surface area contributed by atoms with Gasteiger partial charge in [0.15, 0.2) is 0 Å². The zero-order valence-electron chi connectivity index (χ0n) is 17.0. The van der Waals surface area contributed by atoms with Crippen molar-refractivity contribution in [2.24, 2.45) is 11.3 Å². The molecule has 1 rings (SSSR count). The van der Waals surface area contributed by atoms with E-state index in [0.717, 1.165) is 32.1 Å². The summed E-state index contributed by atoms with van der Waals surface area (Å²) in [6.07, 6.45) is 6.02. The largest absolute Gasteiger partial charge is 0.466 e. The Hall–Kier alpha value is -1.76. The van der Waals surface area contributed by atoms with E-state index in [0.29, 0.717) is 19.4 Å². The van der Waals surface area contributed by atoms with Crippen molar-refractivity contribution in [3.63, 3.8) is 0 Å². The summed E-state index contributed by atoms with van der Waals surface area (Å²) in [7, 11) is 0. The van der Waals surface area contributed by atoms with Crippen LogP contribution < -0.4 is 0 Å². The van der Waals surface area contributed by atoms with Crippen LogP contribution in [-0.2, 0) is 28.7 Å². The predicted octanol–water partition coefficient (Wildman–Crippen LogP) is 2.96. The first-order valence-electron chi connectivity index (χ1n) is 9.82. The maximum Gasteiger partial charge on any atom is 0.339 e. The normalized spacial score (nSPS) is 15.0. The lowest BCUT2D eigenvalue weighted by Crippen LogP contribution is -2.29. The second kappa shape index (κ2) is 13.4. The molecule has 1 aliphatic rings. The van der Waals surface area contributed by atoms with Gasteiger partial charge in [0.05, 0.1) is 12.5 Å². The van der Waals surface area contributed by atoms with Gasteiger partial charge in [-0.25, -0.2) is 4.79 Å². The Morgan fingerprint density at radius 1 is 1.00 bits per heavy atom. The molecule has 7 heteroatoms. The third-order valence-corrected chi connectivity index (χ3v) is 4.59. The minimum atomic E-state index is -0.851. The minimum Gasteiger partial charge on any atom is -0.466 e. The SMILES string of the molecule is CCCC(=O)CC(=O)OCC.CCCC1(C(CC)C(=O)OC(=O)CO)CC1. The van der Waals surface area contributed by atoms with Gasteiger partial charge in [0.25, 0.3) is 0 Å². The molecule has 0 radical (unpaired) electrons. The third kappa shape index (κ3) is 9.65. The zero-order valence-corrected chi connectivity index (χ0v) is 17.0. The number of aliphatic hydroxyl groups is 1. The lowest BCUT2D eigenvalue weighted by molar-refractivity contribution is -0.166. The fourth-order valence-electron chi connectivity index (χ4n) is 3.24. The van der Waals surface area contributed by atoms with Crippen LogP contribution in [0.3, 0.4) is 0 Å². The Bertz CT molecular complexity index is 479. The van der Waals surface area contributed by atoms with Gasteiger partial charge in [0.2, 0.25) is 0 Å². The highest BCUT2D eigenvalue weighted by molar-refractivity contribution is 5.95. The number of Topliss-reactive ketones (excluding diaryl/α,β-unsaturated/α-hetero) is 1. The monoisotopic (exact) mass is 386 g/mol. The predicted molar refractivity (Wildman–Crippen MR) is 99.7 cm³/mol. The average molecular weight is 386 g/mol. The molecule has 0 spiro atoms. The van der Waals surface area contributed by atoms with E-state index < -0.39 is 24.5 Å². The molecule has 1 saturated carbocycles. The molecule has 1 unspecified atom stereocenters. The smallest absolute Gasteiger partial charge is 0.339 e. The topological polar surface area (TPSA) is 107 Å². The molecule has 7 nitrogen and oxygen atoms in total. The van der Waals surface area contributed by atoms with Gasteiger partial charge < -0.3 is 14.6 Å². The van der Waals surface area contributed by atoms with Crippen molar-refractivity contribution in [2.45, 2.75) is 79.1 Å². The van der Waals surface area contributed by atoms with Gasteiger partial charge in [-0.2, -0.15) is 0 Å². The summed E-state index contributed by atoms with van der Waals surface area (Å²) in [5.74, 6) is -1.96. The second-order valence-electron chi connectivity index (χ2n) is 6.79. The van der Waals surface area contributed by atoms with Gasteiger partial charge in [-0.05, 0) is 44.4 Å². The molecule has 0 saturated heterocycles. The minimum absolute atomic E-state index is 0.0362. The van der Waals surface area contributed by atoms with Crippen LogP contribution in [0.15, 0.2) is 0 Å². The number of ether oxygens (including phenoxy) is 2. The number of esters is 3. The zero-order chi connectivity index (χ0) is 20.9. The highest BCUT2D eigenvalue weighted by Gasteiger charge is 2.51. The van der Waals surface area contributed by atoms with Crippen LogP contribution in [0.1, 0.15) is 79.1 Å². The summed E-state index contributed by atoms with van der Waals surface area (Å²) >= 11 is 0. The molecular weight excluding hydrogens is 352 g/mol. The number of carbonyl (C=O) groups excluding carboxylic acids is 4. The van der Waals surface area contributed by atoms with Crippen LogP contribution in [0.25, 0.3) is 0 Å².